The van der Waals surface area contributed by atoms with Gasteiger partial charge in [-0.25, -0.2) is 0 Å². The second kappa shape index (κ2) is 8.47. The minimum atomic E-state index is -5.20. The fraction of sp³-hybridized carbons (Fsp3) is 0.167. The maximum Gasteiger partial charge on any atom is 1.00 e. The van der Waals surface area contributed by atoms with Gasteiger partial charge < -0.3 is 25.9 Å². The number of rotatable bonds is 6. The van der Waals surface area contributed by atoms with Gasteiger partial charge in [0.25, 0.3) is 0 Å². The molecule has 0 spiro atoms. The van der Waals surface area contributed by atoms with Gasteiger partial charge in [-0.05, 0) is 11.1 Å². The second-order valence-electron chi connectivity index (χ2n) is 5.65. The van der Waals surface area contributed by atoms with Crippen molar-refractivity contribution in [3.63, 3.8) is 0 Å². The Kier molecular flexibility index (Phi) is 6.94. The van der Waals surface area contributed by atoms with Gasteiger partial charge in [-0.2, -0.15) is 10.2 Å². The van der Waals surface area contributed by atoms with Crippen molar-refractivity contribution < 1.29 is 77.3 Å². The zero-order valence-corrected chi connectivity index (χ0v) is 17.1. The fourth-order valence-corrected chi connectivity index (χ4v) is 2.21. The van der Waals surface area contributed by atoms with E-state index in [0.29, 0.717) is 11.1 Å². The summed E-state index contributed by atoms with van der Waals surface area (Å²) in [7, 11) is 0. The van der Waals surface area contributed by atoms with Crippen molar-refractivity contribution in [1.29, 1.82) is 0 Å². The van der Waals surface area contributed by atoms with Gasteiger partial charge in [0.2, 0.25) is 0 Å². The van der Waals surface area contributed by atoms with E-state index in [1.54, 1.807) is 24.3 Å². The summed E-state index contributed by atoms with van der Waals surface area (Å²) in [6.07, 6.45) is 1.65. The normalized spacial score (nSPS) is 12.1. The molecule has 0 fully saturated rings. The molecule has 1 aromatic carbocycles. The summed E-state index contributed by atoms with van der Waals surface area (Å²) in [6, 6.07) is 6.56. The quantitative estimate of drug-likeness (QED) is 0.350. The fourth-order valence-electron chi connectivity index (χ4n) is 2.21. The summed E-state index contributed by atoms with van der Waals surface area (Å²) in [5.74, 6) is 0. The van der Waals surface area contributed by atoms with E-state index in [9.17, 15) is 25.9 Å². The molecular weight excluding hydrogens is 403 g/mol. The average molecular weight is 413 g/mol. The molecule has 0 saturated heterocycles. The summed E-state index contributed by atoms with van der Waals surface area (Å²) in [5.41, 5.74) is -0.708. The Morgan fingerprint density at radius 3 is 1.26 bits per heavy atom. The van der Waals surface area contributed by atoms with Crippen LogP contribution in [0.4, 0.5) is 25.9 Å². The standard InChI is InChI=1S/C12H10B2F6N6.K/c15-13(16,17)11-7-25(23-21-11)5-9-1-2-10(4-3-9)6-26-8-12(22-24-26)14(18,19)20;/h1-4,7-8H,5-6H2;/q-2;+1. The first kappa shape index (κ1) is 22.1. The summed E-state index contributed by atoms with van der Waals surface area (Å²) < 4.78 is 77.4. The van der Waals surface area contributed by atoms with Crippen molar-refractivity contribution in [3.05, 3.63) is 47.8 Å². The molecule has 0 radical (unpaired) electrons. The van der Waals surface area contributed by atoms with Gasteiger partial charge in [0.05, 0.1) is 13.1 Å². The van der Waals surface area contributed by atoms with E-state index in [1.807, 2.05) is 0 Å². The molecule has 0 atom stereocenters. The molecule has 3 rings (SSSR count). The van der Waals surface area contributed by atoms with Crippen LogP contribution in [0.1, 0.15) is 11.1 Å². The molecule has 0 bridgehead atoms. The Labute approximate surface area is 191 Å². The number of hydrogen-bond donors (Lipinski definition) is 0. The number of halogens is 6. The molecule has 138 valence electrons. The molecule has 0 aliphatic rings. The Hall–Kier alpha value is -1.15. The zero-order chi connectivity index (χ0) is 18.9. The smallest absolute Gasteiger partial charge is 0.444 e. The van der Waals surface area contributed by atoms with Crippen LogP contribution in [0.5, 0.6) is 0 Å². The van der Waals surface area contributed by atoms with Crippen molar-refractivity contribution in [2.45, 2.75) is 13.1 Å². The predicted octanol–water partition coefficient (Wildman–Crippen LogP) is -1.92. The number of nitrogens with zero attached hydrogens (tertiary/aromatic N) is 6. The van der Waals surface area contributed by atoms with E-state index in [4.69, 9.17) is 0 Å². The van der Waals surface area contributed by atoms with Gasteiger partial charge in [0.15, 0.2) is 0 Å². The molecule has 2 heterocycles. The van der Waals surface area contributed by atoms with Crippen molar-refractivity contribution in [2.75, 3.05) is 0 Å². The maximum absolute atomic E-state index is 12.5. The molecule has 2 aromatic heterocycles. The Morgan fingerprint density at radius 2 is 1.00 bits per heavy atom. The third-order valence-electron chi connectivity index (χ3n) is 3.50. The van der Waals surface area contributed by atoms with Crippen LogP contribution in [-0.4, -0.2) is 43.9 Å². The van der Waals surface area contributed by atoms with Gasteiger partial charge >= 0.3 is 65.3 Å². The third kappa shape index (κ3) is 5.91. The van der Waals surface area contributed by atoms with Crippen molar-refractivity contribution in [2.24, 2.45) is 0 Å². The van der Waals surface area contributed by atoms with Crippen LogP contribution >= 0.6 is 0 Å². The van der Waals surface area contributed by atoms with Crippen LogP contribution in [-0.2, 0) is 13.1 Å². The molecular formula is C12H10B2F6KN6-. The maximum atomic E-state index is 12.5. The van der Waals surface area contributed by atoms with Crippen LogP contribution in [0, 0.1) is 0 Å². The van der Waals surface area contributed by atoms with E-state index in [-0.39, 0.29) is 64.5 Å². The summed E-state index contributed by atoms with van der Waals surface area (Å²) in [6.45, 7) is -10.2. The first-order valence-electron chi connectivity index (χ1n) is 7.39. The summed E-state index contributed by atoms with van der Waals surface area (Å²) >= 11 is 0. The molecule has 0 aliphatic carbocycles. The summed E-state index contributed by atoms with van der Waals surface area (Å²) in [4.78, 5) is 0. The minimum absolute atomic E-state index is 0. The summed E-state index contributed by atoms with van der Waals surface area (Å²) in [5, 5.41) is 13.0. The molecule has 0 N–H and O–H groups in total. The molecule has 0 saturated carbocycles. The molecule has 6 nitrogen and oxygen atoms in total. The van der Waals surface area contributed by atoms with Crippen molar-refractivity contribution >= 4 is 25.1 Å². The van der Waals surface area contributed by atoms with Crippen LogP contribution < -0.4 is 62.6 Å². The van der Waals surface area contributed by atoms with Crippen LogP contribution in [0.25, 0.3) is 0 Å². The molecule has 15 heteroatoms. The number of aromatic nitrogens is 6. The molecule has 3 aromatic rings. The first-order chi connectivity index (χ1) is 12.1. The predicted molar refractivity (Wildman–Crippen MR) is 82.1 cm³/mol. The molecule has 27 heavy (non-hydrogen) atoms. The Morgan fingerprint density at radius 1 is 0.667 bits per heavy atom. The average Bonchev–Trinajstić information content (AvgIpc) is 3.17. The van der Waals surface area contributed by atoms with E-state index in [0.717, 1.165) is 21.8 Å². The van der Waals surface area contributed by atoms with E-state index < -0.39 is 25.1 Å². The minimum Gasteiger partial charge on any atom is -0.444 e. The Bertz CT molecular complexity index is 818. The van der Waals surface area contributed by atoms with Gasteiger partial charge in [-0.3, -0.25) is 9.36 Å². The first-order valence-corrected chi connectivity index (χ1v) is 7.39. The third-order valence-corrected chi connectivity index (χ3v) is 3.50. The number of benzene rings is 1. The monoisotopic (exact) mass is 413 g/mol. The van der Waals surface area contributed by atoms with Gasteiger partial charge in [-0.15, -0.1) is 0 Å². The van der Waals surface area contributed by atoms with E-state index in [1.165, 1.54) is 0 Å². The van der Waals surface area contributed by atoms with Crippen molar-refractivity contribution in [1.82, 2.24) is 30.0 Å². The Balaban J connectivity index is 0.00000261. The topological polar surface area (TPSA) is 61.4 Å². The number of hydrogen-bond acceptors (Lipinski definition) is 4. The van der Waals surface area contributed by atoms with Crippen molar-refractivity contribution in [3.8, 4) is 0 Å². The second-order valence-corrected chi connectivity index (χ2v) is 5.65. The van der Waals surface area contributed by atoms with E-state index >= 15 is 0 Å². The zero-order valence-electron chi connectivity index (χ0n) is 14.0. The largest absolute Gasteiger partial charge is 1.00 e. The van der Waals surface area contributed by atoms with Crippen LogP contribution in [0.3, 0.4) is 0 Å². The molecule has 0 unspecified atom stereocenters. The van der Waals surface area contributed by atoms with Crippen LogP contribution in [0.15, 0.2) is 36.7 Å². The van der Waals surface area contributed by atoms with Gasteiger partial charge in [-0.1, -0.05) is 34.7 Å². The molecule has 0 aliphatic heterocycles. The van der Waals surface area contributed by atoms with Crippen LogP contribution in [0.2, 0.25) is 0 Å². The van der Waals surface area contributed by atoms with E-state index in [2.05, 4.69) is 20.6 Å². The SMILES string of the molecule is F[B-](F)(F)c1cn(Cc2ccc(Cn3cc([B-](F)(F)F)nn3)cc2)nn1.[K+]. The molecule has 0 amide bonds. The van der Waals surface area contributed by atoms with Gasteiger partial charge in [0, 0.05) is 23.6 Å². The van der Waals surface area contributed by atoms with Gasteiger partial charge in [0.1, 0.15) is 0 Å².